The molecule has 1 aromatic rings. The number of rotatable bonds is 6. The first-order valence-electron chi connectivity index (χ1n) is 8.76. The Labute approximate surface area is 146 Å². The van der Waals surface area contributed by atoms with Crippen LogP contribution in [-0.2, 0) is 9.31 Å². The Morgan fingerprint density at radius 2 is 1.71 bits per heavy atom. The molecule has 0 atom stereocenters. The first-order valence-corrected chi connectivity index (χ1v) is 8.76. The molecule has 4 nitrogen and oxygen atoms in total. The molecule has 0 bridgehead atoms. The van der Waals surface area contributed by atoms with Crippen LogP contribution in [0.1, 0.15) is 59.9 Å². The van der Waals surface area contributed by atoms with Crippen molar-refractivity contribution in [3.8, 4) is 11.8 Å². The van der Waals surface area contributed by atoms with E-state index in [1.165, 1.54) is 0 Å². The van der Waals surface area contributed by atoms with Gasteiger partial charge in [-0.15, -0.1) is 0 Å². The summed E-state index contributed by atoms with van der Waals surface area (Å²) in [5.41, 5.74) is 0.581. The van der Waals surface area contributed by atoms with Gasteiger partial charge in [0, 0.05) is 0 Å². The number of ether oxygens (including phenoxy) is 1. The molecular formula is C19H28BNO3. The molecule has 0 spiro atoms. The predicted octanol–water partition coefficient (Wildman–Crippen LogP) is 3.67. The molecule has 1 aliphatic rings. The van der Waals surface area contributed by atoms with Crippen molar-refractivity contribution < 1.29 is 14.0 Å². The second-order valence-corrected chi connectivity index (χ2v) is 7.45. The maximum absolute atomic E-state index is 9.46. The Morgan fingerprint density at radius 1 is 1.12 bits per heavy atom. The van der Waals surface area contributed by atoms with E-state index in [0.717, 1.165) is 18.3 Å². The van der Waals surface area contributed by atoms with Crippen LogP contribution < -0.4 is 10.2 Å². The van der Waals surface area contributed by atoms with Gasteiger partial charge in [0.15, 0.2) is 0 Å². The predicted molar refractivity (Wildman–Crippen MR) is 96.4 cm³/mol. The molecule has 1 aliphatic heterocycles. The van der Waals surface area contributed by atoms with E-state index in [1.807, 2.05) is 45.9 Å². The van der Waals surface area contributed by atoms with Gasteiger partial charge in [-0.25, -0.2) is 0 Å². The topological polar surface area (TPSA) is 51.5 Å². The number of nitriles is 1. The van der Waals surface area contributed by atoms with Crippen LogP contribution in [0.5, 0.6) is 5.75 Å². The second kappa shape index (κ2) is 7.17. The van der Waals surface area contributed by atoms with Crippen molar-refractivity contribution >= 4 is 12.6 Å². The lowest BCUT2D eigenvalue weighted by Gasteiger charge is -2.32. The Hall–Kier alpha value is -1.51. The van der Waals surface area contributed by atoms with Gasteiger partial charge in [-0.05, 0) is 51.2 Å². The van der Waals surface area contributed by atoms with Gasteiger partial charge in [-0.1, -0.05) is 32.8 Å². The number of nitrogens with zero attached hydrogens (tertiary/aromatic N) is 1. The van der Waals surface area contributed by atoms with Crippen molar-refractivity contribution in [2.45, 2.75) is 65.6 Å². The zero-order chi connectivity index (χ0) is 18.0. The number of benzene rings is 1. The first-order chi connectivity index (χ1) is 11.2. The minimum atomic E-state index is -0.463. The van der Waals surface area contributed by atoms with E-state index < -0.39 is 18.3 Å². The molecule has 1 fully saturated rings. The smallest absolute Gasteiger partial charge is 0.492 e. The maximum Gasteiger partial charge on any atom is 0.494 e. The highest BCUT2D eigenvalue weighted by Crippen LogP contribution is 2.36. The standard InChI is InChI=1S/C19H28BNO3/c1-7-14(8-2)13-22-17-10-9-16(11-15(17)12-21)20-23-18(3,4)19(5,6)24-20/h9-11,14H,7-8,13H2,1-6H3. The zero-order valence-corrected chi connectivity index (χ0v) is 15.7. The van der Waals surface area contributed by atoms with Gasteiger partial charge in [-0.3, -0.25) is 0 Å². The Bertz CT molecular complexity index is 602. The first kappa shape index (κ1) is 18.8. The van der Waals surface area contributed by atoms with Crippen LogP contribution in [0.15, 0.2) is 18.2 Å². The quantitative estimate of drug-likeness (QED) is 0.747. The molecule has 0 saturated carbocycles. The zero-order valence-electron chi connectivity index (χ0n) is 15.7. The molecule has 0 N–H and O–H groups in total. The molecule has 1 saturated heterocycles. The van der Waals surface area contributed by atoms with Crippen molar-refractivity contribution in [1.29, 1.82) is 5.26 Å². The van der Waals surface area contributed by atoms with Crippen molar-refractivity contribution in [3.05, 3.63) is 23.8 Å². The summed E-state index contributed by atoms with van der Waals surface area (Å²) < 4.78 is 18.0. The minimum absolute atomic E-state index is 0.394. The molecule has 0 aliphatic carbocycles. The Kier molecular flexibility index (Phi) is 5.62. The van der Waals surface area contributed by atoms with Gasteiger partial charge in [0.2, 0.25) is 0 Å². The van der Waals surface area contributed by atoms with E-state index in [4.69, 9.17) is 14.0 Å². The SMILES string of the molecule is CCC(CC)COc1ccc(B2OC(C)(C)C(C)(C)O2)cc1C#N. The Balaban J connectivity index is 2.17. The van der Waals surface area contributed by atoms with Crippen molar-refractivity contribution in [1.82, 2.24) is 0 Å². The molecular weight excluding hydrogens is 301 g/mol. The van der Waals surface area contributed by atoms with E-state index in [0.29, 0.717) is 23.8 Å². The summed E-state index contributed by atoms with van der Waals surface area (Å²) in [6, 6.07) is 7.80. The number of hydrogen-bond donors (Lipinski definition) is 0. The minimum Gasteiger partial charge on any atom is -0.492 e. The van der Waals surface area contributed by atoms with Crippen LogP contribution in [-0.4, -0.2) is 24.9 Å². The van der Waals surface area contributed by atoms with Gasteiger partial charge in [0.25, 0.3) is 0 Å². The van der Waals surface area contributed by atoms with Gasteiger partial charge in [0.05, 0.1) is 23.4 Å². The normalized spacial score (nSPS) is 18.7. The third kappa shape index (κ3) is 3.76. The van der Waals surface area contributed by atoms with Crippen molar-refractivity contribution in [3.63, 3.8) is 0 Å². The van der Waals surface area contributed by atoms with Crippen LogP contribution in [0, 0.1) is 17.2 Å². The van der Waals surface area contributed by atoms with Gasteiger partial charge < -0.3 is 14.0 Å². The van der Waals surface area contributed by atoms with E-state index in [-0.39, 0.29) is 0 Å². The van der Waals surface area contributed by atoms with Crippen LogP contribution in [0.2, 0.25) is 0 Å². The summed E-state index contributed by atoms with van der Waals surface area (Å²) in [5, 5.41) is 9.46. The van der Waals surface area contributed by atoms with Gasteiger partial charge >= 0.3 is 7.12 Å². The van der Waals surface area contributed by atoms with Crippen LogP contribution in [0.25, 0.3) is 0 Å². The fourth-order valence-electron chi connectivity index (χ4n) is 2.62. The van der Waals surface area contributed by atoms with Gasteiger partial charge in [0.1, 0.15) is 11.8 Å². The van der Waals surface area contributed by atoms with Crippen molar-refractivity contribution in [2.24, 2.45) is 5.92 Å². The van der Waals surface area contributed by atoms with Crippen molar-refractivity contribution in [2.75, 3.05) is 6.61 Å². The lowest BCUT2D eigenvalue weighted by atomic mass is 9.78. The molecule has 24 heavy (non-hydrogen) atoms. The summed E-state index contributed by atoms with van der Waals surface area (Å²) in [4.78, 5) is 0. The highest BCUT2D eigenvalue weighted by Gasteiger charge is 2.51. The summed E-state index contributed by atoms with van der Waals surface area (Å²) in [5.74, 6) is 1.14. The monoisotopic (exact) mass is 329 g/mol. The Morgan fingerprint density at radius 3 is 2.21 bits per heavy atom. The van der Waals surface area contributed by atoms with Crippen LogP contribution in [0.4, 0.5) is 0 Å². The molecule has 1 aromatic carbocycles. The average Bonchev–Trinajstić information content (AvgIpc) is 2.76. The highest BCUT2D eigenvalue weighted by molar-refractivity contribution is 6.62. The number of hydrogen-bond acceptors (Lipinski definition) is 4. The largest absolute Gasteiger partial charge is 0.494 e. The molecule has 0 radical (unpaired) electrons. The second-order valence-electron chi connectivity index (χ2n) is 7.45. The molecule has 130 valence electrons. The van der Waals surface area contributed by atoms with Crippen LogP contribution >= 0.6 is 0 Å². The summed E-state index contributed by atoms with van der Waals surface area (Å²) in [6.45, 7) is 13.0. The van der Waals surface area contributed by atoms with E-state index in [9.17, 15) is 5.26 Å². The molecule has 1 heterocycles. The molecule has 0 amide bonds. The summed E-state index contributed by atoms with van der Waals surface area (Å²) in [7, 11) is -0.463. The van der Waals surface area contributed by atoms with E-state index in [2.05, 4.69) is 19.9 Å². The van der Waals surface area contributed by atoms with E-state index >= 15 is 0 Å². The third-order valence-electron chi connectivity index (χ3n) is 5.28. The molecule has 2 rings (SSSR count). The van der Waals surface area contributed by atoms with Crippen LogP contribution in [0.3, 0.4) is 0 Å². The fourth-order valence-corrected chi connectivity index (χ4v) is 2.62. The maximum atomic E-state index is 9.46. The van der Waals surface area contributed by atoms with Gasteiger partial charge in [-0.2, -0.15) is 5.26 Å². The third-order valence-corrected chi connectivity index (χ3v) is 5.28. The highest BCUT2D eigenvalue weighted by atomic mass is 16.7. The molecule has 5 heteroatoms. The fraction of sp³-hybridized carbons (Fsp3) is 0.632. The average molecular weight is 329 g/mol. The lowest BCUT2D eigenvalue weighted by molar-refractivity contribution is 0.00578. The summed E-state index contributed by atoms with van der Waals surface area (Å²) in [6.07, 6.45) is 2.15. The van der Waals surface area contributed by atoms with E-state index in [1.54, 1.807) is 0 Å². The summed E-state index contributed by atoms with van der Waals surface area (Å²) >= 11 is 0. The lowest BCUT2D eigenvalue weighted by Crippen LogP contribution is -2.41. The molecule has 0 unspecified atom stereocenters. The molecule has 0 aromatic heterocycles.